The summed E-state index contributed by atoms with van der Waals surface area (Å²) in [6, 6.07) is 26.1. The fourth-order valence-corrected chi connectivity index (χ4v) is 9.54. The van der Waals surface area contributed by atoms with Gasteiger partial charge in [-0.1, -0.05) is 24.3 Å². The van der Waals surface area contributed by atoms with Crippen molar-refractivity contribution in [1.29, 1.82) is 0 Å². The van der Waals surface area contributed by atoms with Gasteiger partial charge in [0.05, 0.1) is 28.3 Å². The van der Waals surface area contributed by atoms with Crippen LogP contribution in [0.1, 0.15) is 65.5 Å². The number of fused-ring (bicyclic) bond motifs is 2. The molecule has 16 nitrogen and oxygen atoms in total. The van der Waals surface area contributed by atoms with Crippen LogP contribution in [0.2, 0.25) is 0 Å². The number of anilines is 2. The van der Waals surface area contributed by atoms with Gasteiger partial charge in [0.1, 0.15) is 24.2 Å². The van der Waals surface area contributed by atoms with E-state index >= 15 is 0 Å². The van der Waals surface area contributed by atoms with Crippen LogP contribution in [0.3, 0.4) is 0 Å². The van der Waals surface area contributed by atoms with Crippen molar-refractivity contribution in [2.24, 2.45) is 0 Å². The lowest BCUT2D eigenvalue weighted by Crippen LogP contribution is -2.46. The third kappa shape index (κ3) is 7.72. The van der Waals surface area contributed by atoms with E-state index in [1.807, 2.05) is 74.5 Å². The van der Waals surface area contributed by atoms with Gasteiger partial charge in [0.2, 0.25) is 29.5 Å². The number of nitrogens with zero attached hydrogens (tertiary/aromatic N) is 7. The molecule has 2 unspecified atom stereocenters. The number of imidazole rings is 2. The van der Waals surface area contributed by atoms with Gasteiger partial charge in [0, 0.05) is 48.7 Å². The summed E-state index contributed by atoms with van der Waals surface area (Å²) >= 11 is 0. The Hall–Kier alpha value is -7.49. The number of aryl methyl sites for hydroxylation is 2. The third-order valence-corrected chi connectivity index (χ3v) is 12.9. The number of carbonyl (C=O) groups is 4. The number of oxazole rings is 1. The Morgan fingerprint density at radius 1 is 0.615 bits per heavy atom. The van der Waals surface area contributed by atoms with Gasteiger partial charge >= 0.3 is 11.4 Å². The Balaban J connectivity index is 0.812. The predicted molar refractivity (Wildman–Crippen MR) is 247 cm³/mol. The first-order chi connectivity index (χ1) is 31.5. The molecule has 3 aromatic heterocycles. The summed E-state index contributed by atoms with van der Waals surface area (Å²) in [6.07, 6.45) is 3.99. The number of likely N-dealkylation sites (tertiary alicyclic amines) is 2. The molecule has 334 valence electrons. The second-order valence-electron chi connectivity index (χ2n) is 16.7. The van der Waals surface area contributed by atoms with Crippen molar-refractivity contribution in [3.63, 3.8) is 0 Å². The zero-order chi connectivity index (χ0) is 45.5. The molecule has 2 N–H and O–H groups in total. The molecular formula is C49H51N9O7. The number of benzene rings is 4. The number of hydrogen-bond donors (Lipinski definition) is 2. The summed E-state index contributed by atoms with van der Waals surface area (Å²) in [5.74, 6) is -0.263. The highest BCUT2D eigenvalue weighted by atomic mass is 16.4. The SMILES string of the molecule is CCn1c(=O)n(C(C)C(=O)N2CCC[C@H]2C(=O)Nc2ccc(-c3cnc(-c4ccc(NC(=O)[C@@H]5CCCN5C(=O)C(C)n5c(=O)n(CC)c6ccccc65)cc4)o3)cc2)c2ccccc21. The molecule has 0 aliphatic carbocycles. The molecular weight excluding hydrogens is 827 g/mol. The van der Waals surface area contributed by atoms with Gasteiger partial charge in [-0.3, -0.25) is 37.4 Å². The van der Waals surface area contributed by atoms with E-state index in [1.54, 1.807) is 75.4 Å². The second kappa shape index (κ2) is 17.6. The fourth-order valence-electron chi connectivity index (χ4n) is 9.54. The van der Waals surface area contributed by atoms with Crippen molar-refractivity contribution < 1.29 is 23.6 Å². The highest BCUT2D eigenvalue weighted by Crippen LogP contribution is 2.30. The molecule has 2 saturated heterocycles. The first-order valence-corrected chi connectivity index (χ1v) is 22.3. The van der Waals surface area contributed by atoms with E-state index in [4.69, 9.17) is 4.42 Å². The molecule has 9 rings (SSSR count). The van der Waals surface area contributed by atoms with Gasteiger partial charge < -0.3 is 24.9 Å². The molecule has 4 atom stereocenters. The van der Waals surface area contributed by atoms with Crippen molar-refractivity contribution in [3.05, 3.63) is 124 Å². The molecule has 65 heavy (non-hydrogen) atoms. The number of rotatable bonds is 12. The highest BCUT2D eigenvalue weighted by Gasteiger charge is 2.39. The minimum absolute atomic E-state index is 0.254. The van der Waals surface area contributed by atoms with E-state index in [0.29, 0.717) is 91.5 Å². The van der Waals surface area contributed by atoms with Gasteiger partial charge in [0.15, 0.2) is 5.76 Å². The highest BCUT2D eigenvalue weighted by molar-refractivity contribution is 5.99. The maximum atomic E-state index is 13.9. The van der Waals surface area contributed by atoms with Crippen molar-refractivity contribution in [3.8, 4) is 22.8 Å². The molecule has 0 bridgehead atoms. The van der Waals surface area contributed by atoms with E-state index in [9.17, 15) is 28.8 Å². The Labute approximate surface area is 374 Å². The molecule has 16 heteroatoms. The van der Waals surface area contributed by atoms with Gasteiger partial charge in [-0.15, -0.1) is 0 Å². The van der Waals surface area contributed by atoms with Crippen molar-refractivity contribution >= 4 is 57.1 Å². The molecule has 0 spiro atoms. The Kier molecular flexibility index (Phi) is 11.6. The van der Waals surface area contributed by atoms with Gasteiger partial charge in [0.25, 0.3) is 0 Å². The van der Waals surface area contributed by atoms with E-state index in [-0.39, 0.29) is 35.0 Å². The number of aromatic nitrogens is 5. The molecule has 5 heterocycles. The van der Waals surface area contributed by atoms with E-state index in [0.717, 1.165) is 16.6 Å². The summed E-state index contributed by atoms with van der Waals surface area (Å²) in [5.41, 5.74) is 4.91. The van der Waals surface area contributed by atoms with E-state index in [2.05, 4.69) is 15.6 Å². The topological polar surface area (TPSA) is 179 Å². The average Bonchev–Trinajstić information content (AvgIpc) is 4.18. The predicted octanol–water partition coefficient (Wildman–Crippen LogP) is 6.66. The maximum absolute atomic E-state index is 13.9. The Morgan fingerprint density at radius 3 is 1.46 bits per heavy atom. The first-order valence-electron chi connectivity index (χ1n) is 22.3. The van der Waals surface area contributed by atoms with Gasteiger partial charge in [-0.05, 0) is 126 Å². The normalized spacial score (nSPS) is 17.2. The number of para-hydroxylation sites is 4. The van der Waals surface area contributed by atoms with Crippen LogP contribution in [-0.2, 0) is 32.3 Å². The number of hydrogen-bond acceptors (Lipinski definition) is 8. The molecule has 0 radical (unpaired) electrons. The molecule has 4 amide bonds. The van der Waals surface area contributed by atoms with Gasteiger partial charge in [-0.25, -0.2) is 14.6 Å². The molecule has 2 aliphatic rings. The summed E-state index contributed by atoms with van der Waals surface area (Å²) < 4.78 is 12.5. The molecule has 4 aromatic carbocycles. The summed E-state index contributed by atoms with van der Waals surface area (Å²) in [6.45, 7) is 9.01. The second-order valence-corrected chi connectivity index (χ2v) is 16.7. The van der Waals surface area contributed by atoms with Crippen LogP contribution in [0.25, 0.3) is 44.8 Å². The summed E-state index contributed by atoms with van der Waals surface area (Å²) in [4.78, 5) is 89.3. The van der Waals surface area contributed by atoms with Gasteiger partial charge in [-0.2, -0.15) is 0 Å². The van der Waals surface area contributed by atoms with Crippen molar-refractivity contribution in [2.45, 2.75) is 90.6 Å². The smallest absolute Gasteiger partial charge is 0.329 e. The Bertz CT molecular complexity index is 2860. The lowest BCUT2D eigenvalue weighted by atomic mass is 10.1. The molecule has 0 saturated carbocycles. The zero-order valence-electron chi connectivity index (χ0n) is 36.8. The van der Waals surface area contributed by atoms with Crippen LogP contribution in [0, 0.1) is 0 Å². The lowest BCUT2D eigenvalue weighted by molar-refractivity contribution is -0.139. The van der Waals surface area contributed by atoms with Crippen LogP contribution >= 0.6 is 0 Å². The van der Waals surface area contributed by atoms with Crippen LogP contribution in [0.15, 0.2) is 117 Å². The molecule has 2 aliphatic heterocycles. The fraction of sp³-hybridized carbons (Fsp3) is 0.327. The lowest BCUT2D eigenvalue weighted by Gasteiger charge is -2.27. The monoisotopic (exact) mass is 877 g/mol. The van der Waals surface area contributed by atoms with E-state index in [1.165, 1.54) is 9.13 Å². The minimum atomic E-state index is -0.791. The maximum Gasteiger partial charge on any atom is 0.329 e. The summed E-state index contributed by atoms with van der Waals surface area (Å²) in [5, 5.41) is 5.92. The van der Waals surface area contributed by atoms with Crippen LogP contribution in [0.4, 0.5) is 11.4 Å². The third-order valence-electron chi connectivity index (χ3n) is 12.9. The van der Waals surface area contributed by atoms with Crippen LogP contribution in [0.5, 0.6) is 0 Å². The van der Waals surface area contributed by atoms with E-state index < -0.39 is 24.2 Å². The van der Waals surface area contributed by atoms with Crippen molar-refractivity contribution in [2.75, 3.05) is 23.7 Å². The Morgan fingerprint density at radius 2 is 1.03 bits per heavy atom. The number of amides is 4. The molecule has 7 aromatic rings. The quantitative estimate of drug-likeness (QED) is 0.137. The average molecular weight is 878 g/mol. The standard InChI is InChI=1S/C49H51N9O7/c1-5-53-36-13-7-9-15-38(36)57(48(53)63)30(3)46(61)55-27-11-17-40(55)43(59)51-34-23-19-32(20-24-34)42-29-50-45(65-42)33-21-25-35(26-22-33)52-44(60)41-18-12-28-56(41)47(62)31(4)58-39-16-10-8-14-37(39)54(6-2)49(58)64/h7-10,13-16,19-26,29-31,40-41H,5-6,11-12,17-18,27-28H2,1-4H3,(H,51,59)(H,52,60)/t30?,31?,40-,41-/m0/s1. The van der Waals surface area contributed by atoms with Crippen molar-refractivity contribution in [1.82, 2.24) is 33.1 Å². The minimum Gasteiger partial charge on any atom is -0.436 e. The first kappa shape index (κ1) is 42.8. The molecule has 2 fully saturated rings. The zero-order valence-corrected chi connectivity index (χ0v) is 36.8. The largest absolute Gasteiger partial charge is 0.436 e. The number of carbonyl (C=O) groups excluding carboxylic acids is 4. The number of nitrogens with one attached hydrogen (secondary N) is 2. The van der Waals surface area contributed by atoms with Crippen LogP contribution < -0.4 is 22.0 Å². The summed E-state index contributed by atoms with van der Waals surface area (Å²) in [7, 11) is 0. The van der Waals surface area contributed by atoms with Crippen LogP contribution in [-0.4, -0.2) is 81.9 Å².